The zero-order chi connectivity index (χ0) is 13.7. The molecular weight excluding hydrogens is 266 g/mol. The summed E-state index contributed by atoms with van der Waals surface area (Å²) in [5, 5.41) is 0.780. The van der Waals surface area contributed by atoms with Crippen molar-refractivity contribution in [2.75, 3.05) is 0 Å². The van der Waals surface area contributed by atoms with Crippen LogP contribution in [0.1, 0.15) is 35.1 Å². The molecule has 0 heterocycles. The summed E-state index contributed by atoms with van der Waals surface area (Å²) < 4.78 is 0. The monoisotopic (exact) mass is 283 g/mol. The minimum Gasteiger partial charge on any atom is -0.324 e. The predicted octanol–water partition coefficient (Wildman–Crippen LogP) is 4.32. The normalized spacial score (nSPS) is 28.4. The summed E-state index contributed by atoms with van der Waals surface area (Å²) in [6.45, 7) is 0. The van der Waals surface area contributed by atoms with Crippen molar-refractivity contribution in [3.8, 4) is 0 Å². The number of hydrogen-bond acceptors (Lipinski definition) is 1. The van der Waals surface area contributed by atoms with E-state index in [4.69, 9.17) is 17.3 Å². The number of benzene rings is 2. The van der Waals surface area contributed by atoms with Crippen LogP contribution in [0.25, 0.3) is 0 Å². The molecule has 2 heteroatoms. The molecule has 0 radical (unpaired) electrons. The fourth-order valence-corrected chi connectivity index (χ4v) is 4.24. The number of halogens is 1. The van der Waals surface area contributed by atoms with Gasteiger partial charge in [0.25, 0.3) is 0 Å². The van der Waals surface area contributed by atoms with Crippen molar-refractivity contribution < 1.29 is 0 Å². The van der Waals surface area contributed by atoms with Crippen LogP contribution in [0.2, 0.25) is 5.02 Å². The summed E-state index contributed by atoms with van der Waals surface area (Å²) in [7, 11) is 0. The molecule has 2 aliphatic rings. The molecular formula is C18H18ClN. The van der Waals surface area contributed by atoms with E-state index in [9.17, 15) is 0 Å². The molecule has 0 spiro atoms. The van der Waals surface area contributed by atoms with Gasteiger partial charge in [-0.15, -0.1) is 0 Å². The molecule has 102 valence electrons. The maximum absolute atomic E-state index is 6.53. The Balaban J connectivity index is 1.64. The van der Waals surface area contributed by atoms with E-state index in [1.165, 1.54) is 29.5 Å². The minimum absolute atomic E-state index is 0.106. The topological polar surface area (TPSA) is 26.0 Å². The van der Waals surface area contributed by atoms with Crippen LogP contribution in [0.4, 0.5) is 0 Å². The van der Waals surface area contributed by atoms with Gasteiger partial charge < -0.3 is 5.73 Å². The lowest BCUT2D eigenvalue weighted by Gasteiger charge is -2.14. The third-order valence-corrected chi connectivity index (χ3v) is 5.27. The van der Waals surface area contributed by atoms with Gasteiger partial charge in [-0.3, -0.25) is 0 Å². The number of fused-ring (bicyclic) bond motifs is 3. The Morgan fingerprint density at radius 1 is 1.10 bits per heavy atom. The molecule has 4 rings (SSSR count). The summed E-state index contributed by atoms with van der Waals surface area (Å²) in [6, 6.07) is 17.0. The first-order valence-electron chi connectivity index (χ1n) is 7.34. The Labute approximate surface area is 124 Å². The molecule has 1 fully saturated rings. The van der Waals surface area contributed by atoms with Gasteiger partial charge in [-0.1, -0.05) is 48.0 Å². The highest BCUT2D eigenvalue weighted by Crippen LogP contribution is 2.63. The van der Waals surface area contributed by atoms with Gasteiger partial charge in [0.2, 0.25) is 0 Å². The van der Waals surface area contributed by atoms with Crippen LogP contribution in [0, 0.1) is 11.8 Å². The van der Waals surface area contributed by atoms with Crippen molar-refractivity contribution >= 4 is 11.6 Å². The van der Waals surface area contributed by atoms with Crippen molar-refractivity contribution in [2.24, 2.45) is 17.6 Å². The van der Waals surface area contributed by atoms with Gasteiger partial charge in [-0.25, -0.2) is 0 Å². The maximum atomic E-state index is 6.53. The van der Waals surface area contributed by atoms with Gasteiger partial charge in [0.05, 0.1) is 0 Å². The smallest absolute Gasteiger partial charge is 0.0409 e. The van der Waals surface area contributed by atoms with Gasteiger partial charge in [-0.2, -0.15) is 0 Å². The second-order valence-electron chi connectivity index (χ2n) is 6.09. The van der Waals surface area contributed by atoms with Gasteiger partial charge in [-0.05, 0) is 59.4 Å². The fraction of sp³-hybridized carbons (Fsp3) is 0.333. The molecule has 0 aliphatic heterocycles. The van der Waals surface area contributed by atoms with Crippen molar-refractivity contribution in [1.29, 1.82) is 0 Å². The number of rotatable bonds is 2. The standard InChI is InChI=1S/C18H18ClN/c19-13-6-3-5-12(10-13)18(20)17-15-9-8-11-4-1-2-7-14(11)16(15)17/h1-7,10,15-18H,8-9,20H2. The van der Waals surface area contributed by atoms with E-state index in [0.29, 0.717) is 11.8 Å². The Morgan fingerprint density at radius 3 is 2.80 bits per heavy atom. The lowest BCUT2D eigenvalue weighted by atomic mass is 9.92. The van der Waals surface area contributed by atoms with Crippen LogP contribution in [0.15, 0.2) is 48.5 Å². The number of hydrogen-bond donors (Lipinski definition) is 1. The second-order valence-corrected chi connectivity index (χ2v) is 6.52. The summed E-state index contributed by atoms with van der Waals surface area (Å²) in [4.78, 5) is 0. The van der Waals surface area contributed by atoms with Crippen LogP contribution in [0.5, 0.6) is 0 Å². The molecule has 2 N–H and O–H groups in total. The van der Waals surface area contributed by atoms with Crippen LogP contribution in [-0.4, -0.2) is 0 Å². The van der Waals surface area contributed by atoms with E-state index in [0.717, 1.165) is 10.9 Å². The molecule has 1 nitrogen and oxygen atoms in total. The molecule has 2 aromatic rings. The van der Waals surface area contributed by atoms with E-state index in [1.54, 1.807) is 0 Å². The molecule has 2 aromatic carbocycles. The lowest BCUT2D eigenvalue weighted by molar-refractivity contribution is 0.555. The maximum Gasteiger partial charge on any atom is 0.0409 e. The Bertz CT molecular complexity index is 651. The average molecular weight is 284 g/mol. The SMILES string of the molecule is NC(c1cccc(Cl)c1)C1C2CCc3ccccc3C21. The fourth-order valence-electron chi connectivity index (χ4n) is 4.05. The van der Waals surface area contributed by atoms with Gasteiger partial charge >= 0.3 is 0 Å². The molecule has 1 saturated carbocycles. The van der Waals surface area contributed by atoms with Crippen LogP contribution in [0.3, 0.4) is 0 Å². The van der Waals surface area contributed by atoms with Gasteiger partial charge in [0.1, 0.15) is 0 Å². The third-order valence-electron chi connectivity index (χ3n) is 5.04. The zero-order valence-electron chi connectivity index (χ0n) is 11.3. The van der Waals surface area contributed by atoms with Crippen LogP contribution >= 0.6 is 11.6 Å². The summed E-state index contributed by atoms with van der Waals surface area (Å²) >= 11 is 6.09. The van der Waals surface area contributed by atoms with Crippen molar-refractivity contribution in [3.05, 3.63) is 70.2 Å². The summed E-state index contributed by atoms with van der Waals surface area (Å²) in [5.74, 6) is 2.00. The molecule has 20 heavy (non-hydrogen) atoms. The highest BCUT2D eigenvalue weighted by molar-refractivity contribution is 6.30. The lowest BCUT2D eigenvalue weighted by Crippen LogP contribution is -2.14. The molecule has 4 atom stereocenters. The largest absolute Gasteiger partial charge is 0.324 e. The predicted molar refractivity (Wildman–Crippen MR) is 82.9 cm³/mol. The third kappa shape index (κ3) is 1.88. The highest BCUT2D eigenvalue weighted by atomic mass is 35.5. The first-order valence-corrected chi connectivity index (χ1v) is 7.72. The molecule has 0 bridgehead atoms. The Hall–Kier alpha value is -1.31. The minimum atomic E-state index is 0.106. The van der Waals surface area contributed by atoms with E-state index in [2.05, 4.69) is 30.3 Å². The van der Waals surface area contributed by atoms with Crippen LogP contribution < -0.4 is 5.73 Å². The van der Waals surface area contributed by atoms with Crippen LogP contribution in [-0.2, 0) is 6.42 Å². The molecule has 0 aromatic heterocycles. The van der Waals surface area contributed by atoms with Crippen molar-refractivity contribution in [2.45, 2.75) is 24.8 Å². The quantitative estimate of drug-likeness (QED) is 0.873. The number of nitrogens with two attached hydrogens (primary N) is 1. The van der Waals surface area contributed by atoms with Crippen molar-refractivity contribution in [3.63, 3.8) is 0 Å². The molecule has 0 amide bonds. The van der Waals surface area contributed by atoms with Gasteiger partial charge in [0, 0.05) is 11.1 Å². The number of aryl methyl sites for hydroxylation is 1. The Kier molecular flexibility index (Phi) is 2.87. The molecule has 2 aliphatic carbocycles. The van der Waals surface area contributed by atoms with Gasteiger partial charge in [0.15, 0.2) is 0 Å². The highest BCUT2D eigenvalue weighted by Gasteiger charge is 2.55. The van der Waals surface area contributed by atoms with E-state index in [-0.39, 0.29) is 6.04 Å². The summed E-state index contributed by atoms with van der Waals surface area (Å²) in [5.41, 5.74) is 10.8. The average Bonchev–Trinajstić information content (AvgIpc) is 3.21. The first kappa shape index (κ1) is 12.4. The first-order chi connectivity index (χ1) is 9.75. The zero-order valence-corrected chi connectivity index (χ0v) is 12.1. The molecule has 0 saturated heterocycles. The second kappa shape index (κ2) is 4.61. The summed E-state index contributed by atoms with van der Waals surface area (Å²) in [6.07, 6.45) is 2.48. The van der Waals surface area contributed by atoms with E-state index in [1.807, 2.05) is 18.2 Å². The van der Waals surface area contributed by atoms with E-state index >= 15 is 0 Å². The van der Waals surface area contributed by atoms with E-state index < -0.39 is 0 Å². The molecule has 4 unspecified atom stereocenters. The van der Waals surface area contributed by atoms with Crippen molar-refractivity contribution in [1.82, 2.24) is 0 Å². The Morgan fingerprint density at radius 2 is 1.95 bits per heavy atom.